The Morgan fingerprint density at radius 2 is 2.21 bits per heavy atom. The molecule has 0 atom stereocenters. The molecule has 1 heterocycles. The van der Waals surface area contributed by atoms with Crippen LogP contribution in [0.25, 0.3) is 0 Å². The number of rotatable bonds is 4. The van der Waals surface area contributed by atoms with Gasteiger partial charge in [-0.15, -0.1) is 11.3 Å². The Balaban J connectivity index is 2.06. The van der Waals surface area contributed by atoms with E-state index in [2.05, 4.69) is 21.2 Å². The molecule has 0 fully saturated rings. The minimum absolute atomic E-state index is 0.111. The van der Waals surface area contributed by atoms with Crippen molar-refractivity contribution in [1.82, 2.24) is 5.32 Å². The fraction of sp³-hybridized carbons (Fsp3) is 0.154. The standard InChI is InChI=1S/C13H13BrN2O2S/c1-18-10-3-2-9(15)6-8(10)7-16-13(17)11-4-5-12(14)19-11/h2-6H,7,15H2,1H3,(H,16,17). The van der Waals surface area contributed by atoms with Crippen LogP contribution >= 0.6 is 27.3 Å². The second-order valence-corrected chi connectivity index (χ2v) is 6.32. The Kier molecular flexibility index (Phi) is 4.44. The summed E-state index contributed by atoms with van der Waals surface area (Å²) in [6.07, 6.45) is 0. The number of nitrogen functional groups attached to an aromatic ring is 1. The number of ether oxygens (including phenoxy) is 1. The molecule has 19 heavy (non-hydrogen) atoms. The van der Waals surface area contributed by atoms with E-state index in [1.54, 1.807) is 31.4 Å². The molecule has 6 heteroatoms. The van der Waals surface area contributed by atoms with Gasteiger partial charge in [-0.3, -0.25) is 4.79 Å². The summed E-state index contributed by atoms with van der Waals surface area (Å²) >= 11 is 4.72. The van der Waals surface area contributed by atoms with Crippen molar-refractivity contribution in [2.45, 2.75) is 6.54 Å². The van der Waals surface area contributed by atoms with Gasteiger partial charge in [0.2, 0.25) is 0 Å². The molecule has 0 saturated heterocycles. The number of benzene rings is 1. The van der Waals surface area contributed by atoms with E-state index in [1.165, 1.54) is 11.3 Å². The number of hydrogen-bond acceptors (Lipinski definition) is 4. The molecule has 0 aliphatic heterocycles. The highest BCUT2D eigenvalue weighted by atomic mass is 79.9. The van der Waals surface area contributed by atoms with Crippen molar-refractivity contribution in [3.63, 3.8) is 0 Å². The van der Waals surface area contributed by atoms with Crippen molar-refractivity contribution in [2.24, 2.45) is 0 Å². The van der Waals surface area contributed by atoms with Gasteiger partial charge in [0.15, 0.2) is 0 Å². The molecule has 0 spiro atoms. The maximum absolute atomic E-state index is 11.9. The van der Waals surface area contributed by atoms with Crippen molar-refractivity contribution in [3.8, 4) is 5.75 Å². The Bertz CT molecular complexity index is 598. The Labute approximate surface area is 123 Å². The average molecular weight is 341 g/mol. The van der Waals surface area contributed by atoms with Gasteiger partial charge in [-0.25, -0.2) is 0 Å². The number of nitrogens with two attached hydrogens (primary N) is 1. The molecule has 0 bridgehead atoms. The van der Waals surface area contributed by atoms with Gasteiger partial charge in [-0.2, -0.15) is 0 Å². The number of amides is 1. The fourth-order valence-corrected chi connectivity index (χ4v) is 2.94. The van der Waals surface area contributed by atoms with Crippen LogP contribution in [0.1, 0.15) is 15.2 Å². The lowest BCUT2D eigenvalue weighted by Crippen LogP contribution is -2.22. The lowest BCUT2D eigenvalue weighted by Gasteiger charge is -2.10. The first-order valence-corrected chi connectivity index (χ1v) is 7.17. The van der Waals surface area contributed by atoms with Crippen LogP contribution in [-0.2, 0) is 6.54 Å². The minimum Gasteiger partial charge on any atom is -0.496 e. The quantitative estimate of drug-likeness (QED) is 0.840. The van der Waals surface area contributed by atoms with Crippen LogP contribution in [0, 0.1) is 0 Å². The lowest BCUT2D eigenvalue weighted by molar-refractivity contribution is 0.0955. The Hall–Kier alpha value is -1.53. The summed E-state index contributed by atoms with van der Waals surface area (Å²) < 4.78 is 6.16. The summed E-state index contributed by atoms with van der Waals surface area (Å²) in [5.41, 5.74) is 7.23. The molecule has 0 aliphatic rings. The largest absolute Gasteiger partial charge is 0.496 e. The van der Waals surface area contributed by atoms with E-state index in [-0.39, 0.29) is 5.91 Å². The van der Waals surface area contributed by atoms with Crippen LogP contribution in [0.3, 0.4) is 0 Å². The molecule has 0 radical (unpaired) electrons. The maximum Gasteiger partial charge on any atom is 0.261 e. The number of halogens is 1. The van der Waals surface area contributed by atoms with E-state index in [0.29, 0.717) is 22.9 Å². The fourth-order valence-electron chi connectivity index (χ4n) is 1.64. The minimum atomic E-state index is -0.111. The highest BCUT2D eigenvalue weighted by Gasteiger charge is 2.10. The van der Waals surface area contributed by atoms with Crippen molar-refractivity contribution in [1.29, 1.82) is 0 Å². The zero-order valence-electron chi connectivity index (χ0n) is 10.3. The zero-order valence-corrected chi connectivity index (χ0v) is 12.7. The predicted octanol–water partition coefficient (Wildman–Crippen LogP) is 3.03. The van der Waals surface area contributed by atoms with Crippen LogP contribution in [0.2, 0.25) is 0 Å². The predicted molar refractivity (Wildman–Crippen MR) is 80.6 cm³/mol. The van der Waals surface area contributed by atoms with Gasteiger partial charge >= 0.3 is 0 Å². The van der Waals surface area contributed by atoms with E-state index >= 15 is 0 Å². The second kappa shape index (κ2) is 6.08. The molecular formula is C13H13BrN2O2S. The summed E-state index contributed by atoms with van der Waals surface area (Å²) in [6.45, 7) is 0.378. The van der Waals surface area contributed by atoms with Gasteiger partial charge in [0.05, 0.1) is 15.8 Å². The SMILES string of the molecule is COc1ccc(N)cc1CNC(=O)c1ccc(Br)s1. The number of thiophene rings is 1. The van der Waals surface area contributed by atoms with Gasteiger partial charge in [0, 0.05) is 17.8 Å². The van der Waals surface area contributed by atoms with E-state index in [4.69, 9.17) is 10.5 Å². The normalized spacial score (nSPS) is 10.2. The molecule has 0 aliphatic carbocycles. The van der Waals surface area contributed by atoms with E-state index in [9.17, 15) is 4.79 Å². The first-order valence-electron chi connectivity index (χ1n) is 5.56. The van der Waals surface area contributed by atoms with Gasteiger partial charge in [0.25, 0.3) is 5.91 Å². The highest BCUT2D eigenvalue weighted by Crippen LogP contribution is 2.23. The van der Waals surface area contributed by atoms with Crippen molar-refractivity contribution in [3.05, 3.63) is 44.6 Å². The zero-order chi connectivity index (χ0) is 13.8. The molecule has 2 aromatic rings. The summed E-state index contributed by atoms with van der Waals surface area (Å²) in [5, 5.41) is 2.85. The summed E-state index contributed by atoms with van der Waals surface area (Å²) in [6, 6.07) is 8.98. The molecule has 100 valence electrons. The third-order valence-electron chi connectivity index (χ3n) is 2.54. The number of anilines is 1. The third-order valence-corrected chi connectivity index (χ3v) is 4.16. The highest BCUT2D eigenvalue weighted by molar-refractivity contribution is 9.11. The number of hydrogen-bond donors (Lipinski definition) is 2. The number of carbonyl (C=O) groups is 1. The Morgan fingerprint density at radius 1 is 1.42 bits per heavy atom. The molecule has 1 aromatic carbocycles. The average Bonchev–Trinajstić information content (AvgIpc) is 2.83. The molecule has 3 N–H and O–H groups in total. The number of methoxy groups -OCH3 is 1. The monoisotopic (exact) mass is 340 g/mol. The lowest BCUT2D eigenvalue weighted by atomic mass is 10.1. The topological polar surface area (TPSA) is 64.3 Å². The van der Waals surface area contributed by atoms with Crippen LogP contribution in [0.5, 0.6) is 5.75 Å². The van der Waals surface area contributed by atoms with Crippen LogP contribution < -0.4 is 15.8 Å². The summed E-state index contributed by atoms with van der Waals surface area (Å²) in [5.74, 6) is 0.599. The second-order valence-electron chi connectivity index (χ2n) is 3.86. The van der Waals surface area contributed by atoms with Crippen LogP contribution in [0.4, 0.5) is 5.69 Å². The molecule has 1 amide bonds. The summed E-state index contributed by atoms with van der Waals surface area (Å²) in [7, 11) is 1.59. The number of nitrogens with one attached hydrogen (secondary N) is 1. The van der Waals surface area contributed by atoms with Crippen LogP contribution in [0.15, 0.2) is 34.1 Å². The van der Waals surface area contributed by atoms with Gasteiger partial charge < -0.3 is 15.8 Å². The summed E-state index contributed by atoms with van der Waals surface area (Å²) in [4.78, 5) is 12.6. The smallest absolute Gasteiger partial charge is 0.261 e. The maximum atomic E-state index is 11.9. The van der Waals surface area contributed by atoms with Crippen molar-refractivity contribution in [2.75, 3.05) is 12.8 Å². The van der Waals surface area contributed by atoms with Gasteiger partial charge in [0.1, 0.15) is 5.75 Å². The van der Waals surface area contributed by atoms with Gasteiger partial charge in [-0.05, 0) is 46.3 Å². The molecule has 0 saturated carbocycles. The number of carbonyl (C=O) groups excluding carboxylic acids is 1. The van der Waals surface area contributed by atoms with Crippen molar-refractivity contribution < 1.29 is 9.53 Å². The van der Waals surface area contributed by atoms with Crippen LogP contribution in [-0.4, -0.2) is 13.0 Å². The van der Waals surface area contributed by atoms with E-state index in [1.807, 2.05) is 6.07 Å². The molecule has 2 rings (SSSR count). The van der Waals surface area contributed by atoms with E-state index < -0.39 is 0 Å². The molecule has 0 unspecified atom stereocenters. The molecular weight excluding hydrogens is 328 g/mol. The van der Waals surface area contributed by atoms with Gasteiger partial charge in [-0.1, -0.05) is 0 Å². The molecule has 4 nitrogen and oxygen atoms in total. The first-order chi connectivity index (χ1) is 9.10. The Morgan fingerprint density at radius 3 is 2.84 bits per heavy atom. The van der Waals surface area contributed by atoms with Crippen molar-refractivity contribution >= 4 is 38.9 Å². The molecule has 1 aromatic heterocycles. The third kappa shape index (κ3) is 3.48. The van der Waals surface area contributed by atoms with E-state index in [0.717, 1.165) is 9.35 Å². The first kappa shape index (κ1) is 13.9.